The van der Waals surface area contributed by atoms with Crippen LogP contribution >= 0.6 is 0 Å². The summed E-state index contributed by atoms with van der Waals surface area (Å²) in [4.78, 5) is 108. The predicted molar refractivity (Wildman–Crippen MR) is 235 cm³/mol. The minimum Gasteiger partial charge on any atom is -0.508 e. The number of aliphatic hydroxyl groups excluding tert-OH is 1. The van der Waals surface area contributed by atoms with Crippen molar-refractivity contribution in [1.82, 2.24) is 31.9 Å². The van der Waals surface area contributed by atoms with Crippen LogP contribution in [0.3, 0.4) is 0 Å². The molecule has 10 atom stereocenters. The number of ether oxygens (including phenoxy) is 1. The lowest BCUT2D eigenvalue weighted by Crippen LogP contribution is -2.60. The number of hydrogen-bond donors (Lipinski definition) is 9. The maximum absolute atomic E-state index is 14.3. The highest BCUT2D eigenvalue weighted by molar-refractivity contribution is 5.97. The topological polar surface area (TPSA) is 284 Å². The van der Waals surface area contributed by atoms with Gasteiger partial charge in [0.1, 0.15) is 48.1 Å². The Morgan fingerprint density at radius 1 is 0.698 bits per heavy atom. The molecule has 18 nitrogen and oxygen atoms in total. The van der Waals surface area contributed by atoms with E-state index in [1.165, 1.54) is 45.7 Å². The van der Waals surface area contributed by atoms with Crippen molar-refractivity contribution in [3.63, 3.8) is 0 Å². The summed E-state index contributed by atoms with van der Waals surface area (Å²) in [7, 11) is 0. The van der Waals surface area contributed by atoms with Crippen molar-refractivity contribution in [1.29, 1.82) is 0 Å². The predicted octanol–water partition coefficient (Wildman–Crippen LogP) is 2.06. The first-order valence-electron chi connectivity index (χ1n) is 22.5. The van der Waals surface area contributed by atoms with Crippen LogP contribution in [0.5, 0.6) is 5.75 Å². The summed E-state index contributed by atoms with van der Waals surface area (Å²) >= 11 is 0. The van der Waals surface area contributed by atoms with E-state index in [1.807, 2.05) is 13.8 Å². The van der Waals surface area contributed by atoms with E-state index in [0.29, 0.717) is 18.4 Å². The number of nitrogens with one attached hydrogen (secondary N) is 6. The number of cyclic esters (lactones) is 1. The van der Waals surface area contributed by atoms with Crippen molar-refractivity contribution in [2.24, 2.45) is 17.6 Å². The molecule has 1 aromatic carbocycles. The molecule has 1 fully saturated rings. The van der Waals surface area contributed by atoms with E-state index >= 15 is 0 Å². The minimum absolute atomic E-state index is 0.0390. The Hall–Kier alpha value is -5.26. The van der Waals surface area contributed by atoms with Gasteiger partial charge in [0.15, 0.2) is 0 Å². The molecule has 0 spiro atoms. The van der Waals surface area contributed by atoms with Gasteiger partial charge in [-0.1, -0.05) is 97.6 Å². The second-order valence-electron chi connectivity index (χ2n) is 17.0. The number of esters is 1. The first-order valence-corrected chi connectivity index (χ1v) is 22.5. The van der Waals surface area contributed by atoms with E-state index in [-0.39, 0.29) is 30.9 Å². The van der Waals surface area contributed by atoms with Gasteiger partial charge in [-0.25, -0.2) is 4.79 Å². The van der Waals surface area contributed by atoms with E-state index in [0.717, 1.165) is 38.5 Å². The fourth-order valence-electron chi connectivity index (χ4n) is 7.09. The molecule has 10 N–H and O–H groups in total. The molecule has 1 aliphatic rings. The zero-order chi connectivity index (χ0) is 47.2. The number of carbonyl (C=O) groups excluding carboxylic acids is 8. The first kappa shape index (κ1) is 53.9. The highest BCUT2D eigenvalue weighted by atomic mass is 16.5. The number of rotatable bonds is 18. The number of benzene rings is 1. The van der Waals surface area contributed by atoms with Crippen molar-refractivity contribution in [3.05, 3.63) is 29.8 Å². The zero-order valence-electron chi connectivity index (χ0n) is 38.1. The normalized spacial score (nSPS) is 25.3. The van der Waals surface area contributed by atoms with Crippen LogP contribution in [-0.4, -0.2) is 106 Å². The molecule has 0 saturated carbocycles. The third kappa shape index (κ3) is 19.3. The van der Waals surface area contributed by atoms with Gasteiger partial charge < -0.3 is 52.6 Å². The standard InChI is InChI=1S/C45H73N7O11/c1-8-10-11-12-13-14-15-16-17-27(4)35-25-37(56)51-39(30(7)53)44(61)48-28(5)40(57)47-29(6)41(58)49-33(22-23-36(46)55)42(59)50-34(24-31-18-20-32(54)21-19-31)43(60)52-38(26(3)9-2)45(62)63-35/h18-21,26-30,33-35,38-39,53-54H,8-17,22-25H2,1-7H3,(H2,46,55)(H,47,57)(H,48,61)(H,49,58)(H,50,59)(H,51,56)(H,52,60)/t26-,27+,28-,29+,30-,33-,34?,35-,38?,39+/m0/s1. The summed E-state index contributed by atoms with van der Waals surface area (Å²) in [5, 5.41) is 35.8. The fourth-order valence-corrected chi connectivity index (χ4v) is 7.09. The zero-order valence-corrected chi connectivity index (χ0v) is 38.1. The molecule has 1 saturated heterocycles. The van der Waals surface area contributed by atoms with E-state index < -0.39 is 108 Å². The lowest BCUT2D eigenvalue weighted by molar-refractivity contribution is -0.159. The fraction of sp³-hybridized carbons (Fsp3) is 0.689. The highest BCUT2D eigenvalue weighted by Crippen LogP contribution is 2.23. The van der Waals surface area contributed by atoms with Crippen molar-refractivity contribution in [3.8, 4) is 5.75 Å². The van der Waals surface area contributed by atoms with Crippen LogP contribution in [0.1, 0.15) is 138 Å². The Kier molecular flexibility index (Phi) is 23.7. The van der Waals surface area contributed by atoms with Crippen LogP contribution in [0.15, 0.2) is 24.3 Å². The molecule has 2 unspecified atom stereocenters. The van der Waals surface area contributed by atoms with Crippen LogP contribution in [-0.2, 0) is 49.5 Å². The molecule has 18 heteroatoms. The molecule has 1 aliphatic heterocycles. The van der Waals surface area contributed by atoms with Crippen molar-refractivity contribution in [2.75, 3.05) is 0 Å². The Morgan fingerprint density at radius 2 is 1.24 bits per heavy atom. The molecule has 0 aliphatic carbocycles. The van der Waals surface area contributed by atoms with Gasteiger partial charge in [-0.3, -0.25) is 33.6 Å². The lowest BCUT2D eigenvalue weighted by Gasteiger charge is -2.31. The number of nitrogens with two attached hydrogens (primary N) is 1. The van der Waals surface area contributed by atoms with Crippen LogP contribution in [0.4, 0.5) is 0 Å². The smallest absolute Gasteiger partial charge is 0.329 e. The van der Waals surface area contributed by atoms with Crippen molar-refractivity contribution < 1.29 is 53.3 Å². The van der Waals surface area contributed by atoms with Crippen LogP contribution in [0.2, 0.25) is 0 Å². The van der Waals surface area contributed by atoms with Crippen LogP contribution < -0.4 is 37.6 Å². The quantitative estimate of drug-likeness (QED) is 0.0760. The summed E-state index contributed by atoms with van der Waals surface area (Å²) < 4.78 is 6.10. The summed E-state index contributed by atoms with van der Waals surface area (Å²) in [5.41, 5.74) is 5.90. The summed E-state index contributed by atoms with van der Waals surface area (Å²) in [6, 6.07) is -2.24. The molecule has 0 radical (unpaired) electrons. The van der Waals surface area contributed by atoms with Gasteiger partial charge in [0, 0.05) is 12.8 Å². The molecule has 1 aromatic rings. The van der Waals surface area contributed by atoms with Gasteiger partial charge in [-0.15, -0.1) is 0 Å². The second-order valence-corrected chi connectivity index (χ2v) is 17.0. The molecule has 0 bridgehead atoms. The maximum atomic E-state index is 14.3. The molecule has 7 amide bonds. The summed E-state index contributed by atoms with van der Waals surface area (Å²) in [5.74, 6) is -7.44. The molecule has 63 heavy (non-hydrogen) atoms. The van der Waals surface area contributed by atoms with Gasteiger partial charge in [0.2, 0.25) is 41.4 Å². The summed E-state index contributed by atoms with van der Waals surface area (Å²) in [6.07, 6.45) is 5.99. The molecule has 1 heterocycles. The van der Waals surface area contributed by atoms with Crippen molar-refractivity contribution in [2.45, 2.75) is 187 Å². The number of phenolic OH excluding ortho intramolecular Hbond substituents is 1. The Balaban J connectivity index is 2.61. The molecule has 0 aromatic heterocycles. The monoisotopic (exact) mass is 888 g/mol. The van der Waals surface area contributed by atoms with E-state index in [1.54, 1.807) is 19.1 Å². The van der Waals surface area contributed by atoms with Crippen LogP contribution in [0, 0.1) is 11.8 Å². The Labute approximate surface area is 371 Å². The van der Waals surface area contributed by atoms with E-state index in [9.17, 15) is 48.6 Å². The molecular weight excluding hydrogens is 815 g/mol. The third-order valence-corrected chi connectivity index (χ3v) is 11.5. The van der Waals surface area contributed by atoms with E-state index in [4.69, 9.17) is 10.5 Å². The number of hydrogen-bond acceptors (Lipinski definition) is 11. The molecular formula is C45H73N7O11. The largest absolute Gasteiger partial charge is 0.508 e. The number of amides is 7. The number of aromatic hydroxyl groups is 1. The van der Waals surface area contributed by atoms with E-state index in [2.05, 4.69) is 38.8 Å². The molecule has 354 valence electrons. The SMILES string of the molecule is CCCCCCCCCC[C@@H](C)[C@@H]1CC(=O)N[C@H]([C@H](C)O)C(=O)N[C@@H](C)C(=O)N[C@H](C)C(=O)N[C@@H](CCC(N)=O)C(=O)NC(Cc2ccc(O)cc2)C(=O)NC([C@@H](C)CC)C(=O)O1. The first-order chi connectivity index (χ1) is 29.8. The highest BCUT2D eigenvalue weighted by Gasteiger charge is 2.37. The lowest BCUT2D eigenvalue weighted by atomic mass is 9.93. The summed E-state index contributed by atoms with van der Waals surface area (Å²) in [6.45, 7) is 11.5. The Morgan fingerprint density at radius 3 is 1.81 bits per heavy atom. The Bertz CT molecular complexity index is 1670. The molecule has 2 rings (SSSR count). The number of primary amides is 1. The number of phenols is 1. The minimum atomic E-state index is -1.52. The second kappa shape index (κ2) is 27.7. The average Bonchev–Trinajstić information content (AvgIpc) is 3.23. The number of aliphatic hydroxyl groups is 1. The van der Waals surface area contributed by atoms with Gasteiger partial charge >= 0.3 is 5.97 Å². The van der Waals surface area contributed by atoms with Gasteiger partial charge in [0.25, 0.3) is 0 Å². The van der Waals surface area contributed by atoms with Gasteiger partial charge in [0.05, 0.1) is 12.5 Å². The maximum Gasteiger partial charge on any atom is 0.329 e. The van der Waals surface area contributed by atoms with Gasteiger partial charge in [-0.05, 0) is 63.1 Å². The van der Waals surface area contributed by atoms with Gasteiger partial charge in [-0.2, -0.15) is 0 Å². The van der Waals surface area contributed by atoms with Crippen molar-refractivity contribution >= 4 is 47.3 Å². The number of unbranched alkanes of at least 4 members (excludes halogenated alkanes) is 7. The van der Waals surface area contributed by atoms with Crippen LogP contribution in [0.25, 0.3) is 0 Å². The third-order valence-electron chi connectivity index (χ3n) is 11.5. The number of carbonyl (C=O) groups is 8. The average molecular weight is 888 g/mol.